The molecule has 0 saturated heterocycles. The first-order chi connectivity index (χ1) is 9.52. The first kappa shape index (κ1) is 14.3. The highest BCUT2D eigenvalue weighted by Crippen LogP contribution is 2.23. The Kier molecular flexibility index (Phi) is 4.23. The van der Waals surface area contributed by atoms with Gasteiger partial charge in [-0.3, -0.25) is 4.79 Å². The summed E-state index contributed by atoms with van der Waals surface area (Å²) in [4.78, 5) is 12.5. The zero-order valence-electron chi connectivity index (χ0n) is 12.5. The van der Waals surface area contributed by atoms with E-state index in [0.717, 1.165) is 33.6 Å². The predicted molar refractivity (Wildman–Crippen MR) is 81.7 cm³/mol. The van der Waals surface area contributed by atoms with Gasteiger partial charge in [-0.15, -0.1) is 0 Å². The molecule has 104 valence electrons. The topological polar surface area (TPSA) is 26.3 Å². The van der Waals surface area contributed by atoms with Crippen molar-refractivity contribution in [3.63, 3.8) is 0 Å². The number of benzene rings is 2. The number of carbonyl (C=O) groups is 1. The Morgan fingerprint density at radius 1 is 1.10 bits per heavy atom. The summed E-state index contributed by atoms with van der Waals surface area (Å²) in [7, 11) is 1.64. The fourth-order valence-electron chi connectivity index (χ4n) is 2.37. The largest absolute Gasteiger partial charge is 0.496 e. The van der Waals surface area contributed by atoms with Gasteiger partial charge in [-0.2, -0.15) is 0 Å². The molecule has 2 nitrogen and oxygen atoms in total. The summed E-state index contributed by atoms with van der Waals surface area (Å²) in [5.74, 6) is 0.907. The first-order valence-electron chi connectivity index (χ1n) is 6.76. The van der Waals surface area contributed by atoms with Crippen LogP contribution in [0.1, 0.15) is 32.6 Å². The van der Waals surface area contributed by atoms with Crippen LogP contribution >= 0.6 is 0 Å². The summed E-state index contributed by atoms with van der Waals surface area (Å²) in [6.45, 7) is 6.04. The highest BCUT2D eigenvalue weighted by atomic mass is 16.5. The number of ether oxygens (including phenoxy) is 1. The van der Waals surface area contributed by atoms with Gasteiger partial charge in [-0.1, -0.05) is 35.9 Å². The van der Waals surface area contributed by atoms with E-state index in [-0.39, 0.29) is 5.78 Å². The quantitative estimate of drug-likeness (QED) is 0.782. The number of methoxy groups -OCH3 is 1. The van der Waals surface area contributed by atoms with E-state index in [4.69, 9.17) is 4.74 Å². The van der Waals surface area contributed by atoms with Crippen LogP contribution < -0.4 is 4.74 Å². The second-order valence-corrected chi connectivity index (χ2v) is 5.16. The third-order valence-corrected chi connectivity index (χ3v) is 3.69. The van der Waals surface area contributed by atoms with E-state index in [0.29, 0.717) is 6.42 Å². The van der Waals surface area contributed by atoms with Crippen LogP contribution in [0.5, 0.6) is 5.75 Å². The molecular formula is C18H20O2. The number of Topliss-reactive ketones (excluding diaryl/α,β-unsaturated/α-hetero) is 1. The molecule has 2 aromatic rings. The Balaban J connectivity index is 2.32. The highest BCUT2D eigenvalue weighted by Gasteiger charge is 2.13. The zero-order chi connectivity index (χ0) is 14.7. The van der Waals surface area contributed by atoms with E-state index in [1.165, 1.54) is 0 Å². The molecule has 20 heavy (non-hydrogen) atoms. The van der Waals surface area contributed by atoms with Crippen molar-refractivity contribution in [3.05, 3.63) is 64.2 Å². The number of rotatable bonds is 4. The molecule has 0 saturated carbocycles. The van der Waals surface area contributed by atoms with Crippen LogP contribution in [0.2, 0.25) is 0 Å². The van der Waals surface area contributed by atoms with Crippen LogP contribution in [0.25, 0.3) is 0 Å². The lowest BCUT2D eigenvalue weighted by molar-refractivity contribution is 0.0991. The smallest absolute Gasteiger partial charge is 0.167 e. The summed E-state index contributed by atoms with van der Waals surface area (Å²) in [5.41, 5.74) is 5.08. The lowest BCUT2D eigenvalue weighted by atomic mass is 9.95. The monoisotopic (exact) mass is 268 g/mol. The van der Waals surface area contributed by atoms with Gasteiger partial charge in [-0.25, -0.2) is 0 Å². The Bertz CT molecular complexity index is 642. The molecular weight excluding hydrogens is 248 g/mol. The number of hydrogen-bond acceptors (Lipinski definition) is 2. The van der Waals surface area contributed by atoms with E-state index in [9.17, 15) is 4.79 Å². The summed E-state index contributed by atoms with van der Waals surface area (Å²) < 4.78 is 5.34. The van der Waals surface area contributed by atoms with Gasteiger partial charge in [0.25, 0.3) is 0 Å². The Hall–Kier alpha value is -2.09. The van der Waals surface area contributed by atoms with Crippen molar-refractivity contribution in [1.29, 1.82) is 0 Å². The van der Waals surface area contributed by atoms with Crippen LogP contribution in [0.4, 0.5) is 0 Å². The lowest BCUT2D eigenvalue weighted by Gasteiger charge is -2.11. The zero-order valence-corrected chi connectivity index (χ0v) is 12.5. The molecule has 0 N–H and O–H groups in total. The number of carbonyl (C=O) groups excluding carboxylic acids is 1. The number of aryl methyl sites for hydroxylation is 2. The predicted octanol–water partition coefficient (Wildman–Crippen LogP) is 4.05. The van der Waals surface area contributed by atoms with Crippen molar-refractivity contribution >= 4 is 5.78 Å². The van der Waals surface area contributed by atoms with E-state index in [2.05, 4.69) is 0 Å². The summed E-state index contributed by atoms with van der Waals surface area (Å²) in [5, 5.41) is 0. The first-order valence-corrected chi connectivity index (χ1v) is 6.76. The molecule has 0 bridgehead atoms. The molecule has 0 aliphatic carbocycles. The summed E-state index contributed by atoms with van der Waals surface area (Å²) in [6, 6.07) is 11.8. The molecule has 2 aromatic carbocycles. The minimum absolute atomic E-state index is 0.134. The molecule has 0 aliphatic rings. The maximum Gasteiger partial charge on any atom is 0.167 e. The second kappa shape index (κ2) is 5.91. The SMILES string of the molecule is COc1ccc(C)cc1CC(=O)c1cccc(C)c1C. The molecule has 0 amide bonds. The second-order valence-electron chi connectivity index (χ2n) is 5.16. The number of hydrogen-bond donors (Lipinski definition) is 0. The fraction of sp³-hybridized carbons (Fsp3) is 0.278. The van der Waals surface area contributed by atoms with E-state index < -0.39 is 0 Å². The highest BCUT2D eigenvalue weighted by molar-refractivity contribution is 5.99. The average Bonchev–Trinajstić information content (AvgIpc) is 2.42. The van der Waals surface area contributed by atoms with Gasteiger partial charge < -0.3 is 4.74 Å². The molecule has 2 rings (SSSR count). The van der Waals surface area contributed by atoms with Gasteiger partial charge in [0.1, 0.15) is 5.75 Å². The van der Waals surface area contributed by atoms with Crippen molar-refractivity contribution in [2.45, 2.75) is 27.2 Å². The lowest BCUT2D eigenvalue weighted by Crippen LogP contribution is -2.07. The molecule has 0 radical (unpaired) electrons. The molecule has 0 atom stereocenters. The Labute approximate surface area is 120 Å². The van der Waals surface area contributed by atoms with Crippen molar-refractivity contribution in [2.75, 3.05) is 7.11 Å². The molecule has 0 aliphatic heterocycles. The summed E-state index contributed by atoms with van der Waals surface area (Å²) in [6.07, 6.45) is 0.370. The van der Waals surface area contributed by atoms with Gasteiger partial charge in [0, 0.05) is 17.5 Å². The van der Waals surface area contributed by atoms with Crippen LogP contribution in [0.3, 0.4) is 0 Å². The van der Waals surface area contributed by atoms with Crippen molar-refractivity contribution in [2.24, 2.45) is 0 Å². The third kappa shape index (κ3) is 2.90. The summed E-state index contributed by atoms with van der Waals surface area (Å²) >= 11 is 0. The number of ketones is 1. The minimum Gasteiger partial charge on any atom is -0.496 e. The normalized spacial score (nSPS) is 10.4. The van der Waals surface area contributed by atoms with Gasteiger partial charge in [0.15, 0.2) is 5.78 Å². The van der Waals surface area contributed by atoms with Crippen molar-refractivity contribution < 1.29 is 9.53 Å². The Morgan fingerprint density at radius 2 is 1.85 bits per heavy atom. The minimum atomic E-state index is 0.134. The standard InChI is InChI=1S/C18H20O2/c1-12-8-9-18(20-4)15(10-12)11-17(19)16-7-5-6-13(2)14(16)3/h5-10H,11H2,1-4H3. The molecule has 2 heteroatoms. The van der Waals surface area contributed by atoms with Crippen LogP contribution in [-0.4, -0.2) is 12.9 Å². The average molecular weight is 268 g/mol. The van der Waals surface area contributed by atoms with Crippen molar-refractivity contribution in [1.82, 2.24) is 0 Å². The molecule has 0 aromatic heterocycles. The van der Waals surface area contributed by atoms with Gasteiger partial charge >= 0.3 is 0 Å². The van der Waals surface area contributed by atoms with Crippen LogP contribution in [0, 0.1) is 20.8 Å². The van der Waals surface area contributed by atoms with Crippen molar-refractivity contribution in [3.8, 4) is 5.75 Å². The van der Waals surface area contributed by atoms with E-state index in [1.54, 1.807) is 7.11 Å². The molecule has 0 spiro atoms. The van der Waals surface area contributed by atoms with Crippen LogP contribution in [0.15, 0.2) is 36.4 Å². The van der Waals surface area contributed by atoms with Gasteiger partial charge in [0.2, 0.25) is 0 Å². The molecule has 0 unspecified atom stereocenters. The van der Waals surface area contributed by atoms with E-state index >= 15 is 0 Å². The van der Waals surface area contributed by atoms with Crippen LogP contribution in [-0.2, 0) is 6.42 Å². The maximum absolute atomic E-state index is 12.5. The Morgan fingerprint density at radius 3 is 2.55 bits per heavy atom. The molecule has 0 heterocycles. The maximum atomic E-state index is 12.5. The van der Waals surface area contributed by atoms with Gasteiger partial charge in [-0.05, 0) is 38.0 Å². The van der Waals surface area contributed by atoms with Gasteiger partial charge in [0.05, 0.1) is 7.11 Å². The molecule has 0 fully saturated rings. The fourth-order valence-corrected chi connectivity index (χ4v) is 2.37. The third-order valence-electron chi connectivity index (χ3n) is 3.69. The van der Waals surface area contributed by atoms with E-state index in [1.807, 2.05) is 57.2 Å².